The molecule has 1 aromatic rings. The molecule has 6 heteroatoms. The number of benzene rings is 1. The summed E-state index contributed by atoms with van der Waals surface area (Å²) in [5.74, 6) is -0.158. The van der Waals surface area contributed by atoms with Gasteiger partial charge in [0.15, 0.2) is 0 Å². The van der Waals surface area contributed by atoms with E-state index in [-0.39, 0.29) is 36.9 Å². The molecule has 0 spiro atoms. The lowest BCUT2D eigenvalue weighted by molar-refractivity contribution is -0.126. The van der Waals surface area contributed by atoms with Crippen molar-refractivity contribution in [2.24, 2.45) is 0 Å². The summed E-state index contributed by atoms with van der Waals surface area (Å²) < 4.78 is 22.3. The molecule has 2 aliphatic rings. The highest BCUT2D eigenvalue weighted by Crippen LogP contribution is 2.29. The Labute approximate surface area is 129 Å². The van der Waals surface area contributed by atoms with Crippen LogP contribution in [-0.2, 0) is 30.3 Å². The zero-order chi connectivity index (χ0) is 15.4. The minimum absolute atomic E-state index is 0.0435. The van der Waals surface area contributed by atoms with E-state index >= 15 is 0 Å². The number of methoxy groups -OCH3 is 1. The lowest BCUT2D eigenvalue weighted by Crippen LogP contribution is -2.45. The molecule has 0 saturated carbocycles. The molecule has 2 heterocycles. The summed E-state index contributed by atoms with van der Waals surface area (Å²) in [7, 11) is 1.49. The fraction of sp³-hybridized carbons (Fsp3) is 0.562. The Morgan fingerprint density at radius 3 is 2.77 bits per heavy atom. The Balaban J connectivity index is 1.50. The third kappa shape index (κ3) is 3.47. The van der Waals surface area contributed by atoms with Crippen LogP contribution in [0, 0.1) is 0 Å². The average Bonchev–Trinajstić information content (AvgIpc) is 3.10. The molecule has 2 aliphatic heterocycles. The highest BCUT2D eigenvalue weighted by atomic mass is 16.6. The summed E-state index contributed by atoms with van der Waals surface area (Å²) in [5.41, 5.74) is 1.12. The molecule has 6 nitrogen and oxygen atoms in total. The zero-order valence-corrected chi connectivity index (χ0v) is 12.6. The molecule has 22 heavy (non-hydrogen) atoms. The maximum Gasteiger partial charge on any atom is 0.246 e. The van der Waals surface area contributed by atoms with Crippen LogP contribution in [0.15, 0.2) is 30.3 Å². The summed E-state index contributed by atoms with van der Waals surface area (Å²) in [5, 5.41) is 2.88. The number of nitrogens with one attached hydrogen (secondary N) is 1. The first-order valence-electron chi connectivity index (χ1n) is 7.45. The molecule has 2 saturated heterocycles. The molecule has 2 fully saturated rings. The van der Waals surface area contributed by atoms with Crippen molar-refractivity contribution in [1.82, 2.24) is 5.32 Å². The van der Waals surface area contributed by atoms with Crippen LogP contribution >= 0.6 is 0 Å². The third-order valence-electron chi connectivity index (χ3n) is 3.94. The molecule has 0 unspecified atom stereocenters. The molecule has 0 aromatic heterocycles. The Morgan fingerprint density at radius 1 is 1.23 bits per heavy atom. The van der Waals surface area contributed by atoms with Gasteiger partial charge in [0.05, 0.1) is 25.9 Å². The Hall–Kier alpha value is -1.47. The van der Waals surface area contributed by atoms with Crippen molar-refractivity contribution in [3.8, 4) is 0 Å². The highest BCUT2D eigenvalue weighted by Gasteiger charge is 2.48. The van der Waals surface area contributed by atoms with Crippen LogP contribution in [0.1, 0.15) is 5.56 Å². The molecule has 1 aromatic carbocycles. The van der Waals surface area contributed by atoms with Gasteiger partial charge in [-0.25, -0.2) is 0 Å². The second kappa shape index (κ2) is 7.19. The molecule has 1 amide bonds. The Morgan fingerprint density at radius 2 is 2.00 bits per heavy atom. The van der Waals surface area contributed by atoms with E-state index in [0.717, 1.165) is 5.56 Å². The second-order valence-corrected chi connectivity index (χ2v) is 5.54. The van der Waals surface area contributed by atoms with Gasteiger partial charge in [0, 0.05) is 7.11 Å². The predicted molar refractivity (Wildman–Crippen MR) is 78.3 cm³/mol. The summed E-state index contributed by atoms with van der Waals surface area (Å²) in [4.78, 5) is 11.6. The summed E-state index contributed by atoms with van der Waals surface area (Å²) in [6.45, 7) is 1.50. The summed E-state index contributed by atoms with van der Waals surface area (Å²) in [6, 6.07) is 9.86. The van der Waals surface area contributed by atoms with Crippen molar-refractivity contribution in [1.29, 1.82) is 0 Å². The molecule has 1 N–H and O–H groups in total. The van der Waals surface area contributed by atoms with Crippen LogP contribution in [0.25, 0.3) is 0 Å². The van der Waals surface area contributed by atoms with Crippen LogP contribution in [-0.4, -0.2) is 57.2 Å². The van der Waals surface area contributed by atoms with E-state index in [4.69, 9.17) is 18.9 Å². The first-order chi connectivity index (χ1) is 10.8. The van der Waals surface area contributed by atoms with Gasteiger partial charge in [-0.3, -0.25) is 4.79 Å². The number of ether oxygens (including phenoxy) is 4. The van der Waals surface area contributed by atoms with E-state index in [0.29, 0.717) is 19.8 Å². The minimum Gasteiger partial charge on any atom is -0.375 e. The van der Waals surface area contributed by atoms with Gasteiger partial charge >= 0.3 is 0 Å². The molecule has 0 radical (unpaired) electrons. The van der Waals surface area contributed by atoms with Crippen molar-refractivity contribution in [3.63, 3.8) is 0 Å². The number of amides is 1. The van der Waals surface area contributed by atoms with E-state index in [1.807, 2.05) is 30.3 Å². The fourth-order valence-electron chi connectivity index (χ4n) is 2.89. The Bertz CT molecular complexity index is 495. The molecular formula is C16H21NO5. The monoisotopic (exact) mass is 307 g/mol. The van der Waals surface area contributed by atoms with Crippen molar-refractivity contribution >= 4 is 5.91 Å². The lowest BCUT2D eigenvalue weighted by Gasteiger charge is -2.18. The van der Waals surface area contributed by atoms with Crippen LogP contribution in [0.5, 0.6) is 0 Å². The van der Waals surface area contributed by atoms with E-state index in [9.17, 15) is 4.79 Å². The molecule has 3 rings (SSSR count). The van der Waals surface area contributed by atoms with Gasteiger partial charge in [0.2, 0.25) is 5.91 Å². The van der Waals surface area contributed by atoms with Crippen LogP contribution in [0.4, 0.5) is 0 Å². The van der Waals surface area contributed by atoms with Crippen LogP contribution in [0.2, 0.25) is 0 Å². The molecule has 120 valence electrons. The first-order valence-corrected chi connectivity index (χ1v) is 7.45. The van der Waals surface area contributed by atoms with Gasteiger partial charge in [0.1, 0.15) is 24.9 Å². The minimum atomic E-state index is -0.158. The van der Waals surface area contributed by atoms with E-state index < -0.39 is 0 Å². The quantitative estimate of drug-likeness (QED) is 0.829. The standard InChI is InChI=1S/C16H21NO5/c1-19-10-14(18)17-12-8-21-16-13(9-22-15(12)16)20-7-11-5-3-2-4-6-11/h2-6,12-13,15-16H,7-10H2,1H3,(H,17,18)/t12-,13-,15-,16+/m1/s1. The van der Waals surface area contributed by atoms with Crippen molar-refractivity contribution in [2.45, 2.75) is 31.0 Å². The van der Waals surface area contributed by atoms with Crippen molar-refractivity contribution in [2.75, 3.05) is 26.9 Å². The number of hydrogen-bond acceptors (Lipinski definition) is 5. The maximum atomic E-state index is 11.6. The van der Waals surface area contributed by atoms with Crippen LogP contribution < -0.4 is 5.32 Å². The SMILES string of the molecule is COCC(=O)N[C@@H]1CO[C@@H]2[C@@H]1OC[C@H]2OCc1ccccc1. The number of fused-ring (bicyclic) bond motifs is 1. The topological polar surface area (TPSA) is 66.0 Å². The molecule has 4 atom stereocenters. The molecular weight excluding hydrogens is 286 g/mol. The van der Waals surface area contributed by atoms with Gasteiger partial charge in [-0.15, -0.1) is 0 Å². The van der Waals surface area contributed by atoms with Crippen molar-refractivity contribution < 1.29 is 23.7 Å². The number of hydrogen-bond donors (Lipinski definition) is 1. The summed E-state index contributed by atoms with van der Waals surface area (Å²) in [6.07, 6.45) is -0.382. The predicted octanol–water partition coefficient (Wildman–Crippen LogP) is 0.501. The van der Waals surface area contributed by atoms with E-state index in [1.165, 1.54) is 7.11 Å². The van der Waals surface area contributed by atoms with Gasteiger partial charge in [-0.1, -0.05) is 30.3 Å². The molecule has 0 bridgehead atoms. The van der Waals surface area contributed by atoms with Gasteiger partial charge in [-0.05, 0) is 5.56 Å². The van der Waals surface area contributed by atoms with E-state index in [2.05, 4.69) is 5.32 Å². The molecule has 0 aliphatic carbocycles. The van der Waals surface area contributed by atoms with Crippen molar-refractivity contribution in [3.05, 3.63) is 35.9 Å². The lowest BCUT2D eigenvalue weighted by atomic mass is 10.1. The largest absolute Gasteiger partial charge is 0.375 e. The number of carbonyl (C=O) groups is 1. The van der Waals surface area contributed by atoms with Crippen LogP contribution in [0.3, 0.4) is 0 Å². The van der Waals surface area contributed by atoms with Gasteiger partial charge in [0.25, 0.3) is 0 Å². The Kier molecular flexibility index (Phi) is 5.04. The van der Waals surface area contributed by atoms with Gasteiger partial charge < -0.3 is 24.3 Å². The number of rotatable bonds is 6. The number of carbonyl (C=O) groups excluding carboxylic acids is 1. The van der Waals surface area contributed by atoms with Gasteiger partial charge in [-0.2, -0.15) is 0 Å². The third-order valence-corrected chi connectivity index (χ3v) is 3.94. The average molecular weight is 307 g/mol. The first kappa shape index (κ1) is 15.4. The second-order valence-electron chi connectivity index (χ2n) is 5.54. The highest BCUT2D eigenvalue weighted by molar-refractivity contribution is 5.77. The van der Waals surface area contributed by atoms with E-state index in [1.54, 1.807) is 0 Å². The zero-order valence-electron chi connectivity index (χ0n) is 12.6. The smallest absolute Gasteiger partial charge is 0.246 e. The maximum absolute atomic E-state index is 11.6. The normalized spacial score (nSPS) is 30.2. The summed E-state index contributed by atoms with van der Waals surface area (Å²) >= 11 is 0. The fourth-order valence-corrected chi connectivity index (χ4v) is 2.89.